The molecule has 0 aliphatic carbocycles. The Morgan fingerprint density at radius 1 is 1.64 bits per heavy atom. The normalized spacial score (nSPS) is 14.0. The largest absolute Gasteiger partial charge is 0.361 e. The summed E-state index contributed by atoms with van der Waals surface area (Å²) in [5.41, 5.74) is 1.73. The molecule has 0 saturated heterocycles. The van der Waals surface area contributed by atoms with Crippen molar-refractivity contribution in [3.8, 4) is 0 Å². The summed E-state index contributed by atoms with van der Waals surface area (Å²) in [7, 11) is 1.95. The van der Waals surface area contributed by atoms with Crippen molar-refractivity contribution in [2.75, 3.05) is 7.05 Å². The van der Waals surface area contributed by atoms with Crippen LogP contribution in [0.2, 0.25) is 5.02 Å². The van der Waals surface area contributed by atoms with Gasteiger partial charge in [-0.2, -0.15) is 0 Å². The molecular weight excluding hydrogens is 198 g/mol. The second-order valence-electron chi connectivity index (χ2n) is 3.19. The van der Waals surface area contributed by atoms with Crippen molar-refractivity contribution in [1.82, 2.24) is 9.88 Å². The maximum Gasteiger partial charge on any atom is 0.160 e. The molecule has 0 aromatic carbocycles. The van der Waals surface area contributed by atoms with Gasteiger partial charge in [0.25, 0.3) is 0 Å². The van der Waals surface area contributed by atoms with Crippen LogP contribution in [0.5, 0.6) is 0 Å². The smallest absolute Gasteiger partial charge is 0.160 e. The van der Waals surface area contributed by atoms with E-state index in [-0.39, 0.29) is 0 Å². The van der Waals surface area contributed by atoms with E-state index in [0.717, 1.165) is 17.8 Å². The standard InChI is InChI=1S/C10H10ClN3/c1-3-7-4-9(11)8-5-14(2)6-12-10(8)13-7/h3-4,6H,1,5H2,2H3. The molecule has 0 fully saturated rings. The van der Waals surface area contributed by atoms with Crippen molar-refractivity contribution in [1.29, 1.82) is 0 Å². The molecule has 0 unspecified atom stereocenters. The van der Waals surface area contributed by atoms with Crippen molar-refractivity contribution in [3.63, 3.8) is 0 Å². The van der Waals surface area contributed by atoms with E-state index < -0.39 is 0 Å². The third-order valence-electron chi connectivity index (χ3n) is 2.06. The highest BCUT2D eigenvalue weighted by Gasteiger charge is 2.14. The first-order valence-corrected chi connectivity index (χ1v) is 4.65. The highest BCUT2D eigenvalue weighted by molar-refractivity contribution is 6.31. The van der Waals surface area contributed by atoms with Gasteiger partial charge in [-0.3, -0.25) is 0 Å². The summed E-state index contributed by atoms with van der Waals surface area (Å²) in [4.78, 5) is 10.5. The maximum atomic E-state index is 6.10. The molecule has 14 heavy (non-hydrogen) atoms. The Hall–Kier alpha value is -1.35. The van der Waals surface area contributed by atoms with Crippen molar-refractivity contribution < 1.29 is 0 Å². The summed E-state index contributed by atoms with van der Waals surface area (Å²) >= 11 is 6.10. The van der Waals surface area contributed by atoms with Crippen LogP contribution in [-0.4, -0.2) is 23.3 Å². The summed E-state index contributed by atoms with van der Waals surface area (Å²) < 4.78 is 0. The molecule has 1 aromatic rings. The minimum Gasteiger partial charge on any atom is -0.361 e. The number of nitrogens with zero attached hydrogens (tertiary/aromatic N) is 3. The van der Waals surface area contributed by atoms with Crippen LogP contribution in [0.4, 0.5) is 5.82 Å². The number of hydrogen-bond donors (Lipinski definition) is 0. The zero-order valence-corrected chi connectivity index (χ0v) is 8.62. The van der Waals surface area contributed by atoms with E-state index in [1.54, 1.807) is 12.4 Å². The van der Waals surface area contributed by atoms with Crippen molar-refractivity contribution in [2.45, 2.75) is 6.54 Å². The highest BCUT2D eigenvalue weighted by Crippen LogP contribution is 2.29. The summed E-state index contributed by atoms with van der Waals surface area (Å²) in [6.07, 6.45) is 3.42. The molecule has 1 aliphatic heterocycles. The predicted octanol–water partition coefficient (Wildman–Crippen LogP) is 2.48. The van der Waals surface area contributed by atoms with E-state index in [9.17, 15) is 0 Å². The average Bonchev–Trinajstić information content (AvgIpc) is 2.19. The van der Waals surface area contributed by atoms with Gasteiger partial charge < -0.3 is 4.90 Å². The molecule has 0 saturated carbocycles. The van der Waals surface area contributed by atoms with Gasteiger partial charge in [0.05, 0.1) is 17.1 Å². The number of aliphatic imine (C=N–C) groups is 1. The minimum absolute atomic E-state index is 0.700. The number of hydrogen-bond acceptors (Lipinski definition) is 3. The number of pyridine rings is 1. The number of rotatable bonds is 1. The van der Waals surface area contributed by atoms with E-state index in [2.05, 4.69) is 16.6 Å². The van der Waals surface area contributed by atoms with E-state index in [4.69, 9.17) is 11.6 Å². The lowest BCUT2D eigenvalue weighted by Crippen LogP contribution is -2.19. The van der Waals surface area contributed by atoms with Gasteiger partial charge in [0.2, 0.25) is 0 Å². The van der Waals surface area contributed by atoms with Crippen LogP contribution in [-0.2, 0) is 6.54 Å². The Morgan fingerprint density at radius 3 is 3.14 bits per heavy atom. The Bertz CT molecular complexity index is 412. The fraction of sp³-hybridized carbons (Fsp3) is 0.200. The molecule has 0 atom stereocenters. The molecule has 0 N–H and O–H groups in total. The Labute approximate surface area is 87.7 Å². The Morgan fingerprint density at radius 2 is 2.43 bits per heavy atom. The first-order valence-electron chi connectivity index (χ1n) is 4.27. The molecule has 4 heteroatoms. The second kappa shape index (κ2) is 3.42. The fourth-order valence-electron chi connectivity index (χ4n) is 1.35. The topological polar surface area (TPSA) is 28.5 Å². The lowest BCUT2D eigenvalue weighted by atomic mass is 10.2. The van der Waals surface area contributed by atoms with Gasteiger partial charge in [-0.25, -0.2) is 9.98 Å². The Balaban J connectivity index is 2.56. The van der Waals surface area contributed by atoms with E-state index in [0.29, 0.717) is 10.8 Å². The summed E-state index contributed by atoms with van der Waals surface area (Å²) in [5.74, 6) is 0.700. The van der Waals surface area contributed by atoms with E-state index in [1.807, 2.05) is 18.0 Å². The first-order chi connectivity index (χ1) is 6.70. The SMILES string of the molecule is C=Cc1cc(Cl)c2c(n1)N=CN(C)C2. The molecule has 1 aliphatic rings. The van der Waals surface area contributed by atoms with Gasteiger partial charge in [-0.1, -0.05) is 18.2 Å². The highest BCUT2D eigenvalue weighted by atomic mass is 35.5. The second-order valence-corrected chi connectivity index (χ2v) is 3.60. The van der Waals surface area contributed by atoms with Crippen molar-refractivity contribution in [3.05, 3.63) is 28.9 Å². The summed E-state index contributed by atoms with van der Waals surface area (Å²) in [5, 5.41) is 0.702. The van der Waals surface area contributed by atoms with Gasteiger partial charge in [0.1, 0.15) is 0 Å². The van der Waals surface area contributed by atoms with E-state index >= 15 is 0 Å². The summed E-state index contributed by atoms with van der Waals surface area (Å²) in [6, 6.07) is 1.81. The zero-order chi connectivity index (χ0) is 10.1. The lowest BCUT2D eigenvalue weighted by molar-refractivity contribution is 0.507. The molecule has 2 heterocycles. The van der Waals surface area contributed by atoms with Gasteiger partial charge in [-0.15, -0.1) is 0 Å². The molecule has 0 radical (unpaired) electrons. The molecule has 1 aromatic heterocycles. The maximum absolute atomic E-state index is 6.10. The molecular formula is C10H10ClN3. The third-order valence-corrected chi connectivity index (χ3v) is 2.40. The average molecular weight is 208 g/mol. The third kappa shape index (κ3) is 1.51. The van der Waals surface area contributed by atoms with Gasteiger partial charge in [-0.05, 0) is 12.1 Å². The van der Waals surface area contributed by atoms with Crippen LogP contribution in [0.3, 0.4) is 0 Å². The van der Waals surface area contributed by atoms with Crippen LogP contribution in [0.25, 0.3) is 6.08 Å². The predicted molar refractivity (Wildman–Crippen MR) is 59.0 cm³/mol. The van der Waals surface area contributed by atoms with Gasteiger partial charge in [0, 0.05) is 19.2 Å². The van der Waals surface area contributed by atoms with Crippen LogP contribution in [0, 0.1) is 0 Å². The zero-order valence-electron chi connectivity index (χ0n) is 7.87. The number of halogens is 1. The molecule has 0 bridgehead atoms. The number of fused-ring (bicyclic) bond motifs is 1. The molecule has 0 amide bonds. The molecule has 3 nitrogen and oxygen atoms in total. The van der Waals surface area contributed by atoms with Gasteiger partial charge >= 0.3 is 0 Å². The van der Waals surface area contributed by atoms with Gasteiger partial charge in [0.15, 0.2) is 5.82 Å². The lowest BCUT2D eigenvalue weighted by Gasteiger charge is -2.20. The monoisotopic (exact) mass is 207 g/mol. The van der Waals surface area contributed by atoms with E-state index in [1.165, 1.54) is 0 Å². The van der Waals surface area contributed by atoms with Crippen LogP contribution >= 0.6 is 11.6 Å². The minimum atomic E-state index is 0.700. The van der Waals surface area contributed by atoms with Crippen molar-refractivity contribution in [2.24, 2.45) is 4.99 Å². The number of aromatic nitrogens is 1. The van der Waals surface area contributed by atoms with Crippen LogP contribution in [0.1, 0.15) is 11.3 Å². The Kier molecular flexibility index (Phi) is 2.25. The van der Waals surface area contributed by atoms with Crippen LogP contribution in [0.15, 0.2) is 17.6 Å². The molecule has 72 valence electrons. The molecule has 2 rings (SSSR count). The molecule has 0 spiro atoms. The quantitative estimate of drug-likeness (QED) is 0.708. The van der Waals surface area contributed by atoms with Crippen molar-refractivity contribution >= 4 is 29.8 Å². The van der Waals surface area contributed by atoms with Crippen LogP contribution < -0.4 is 0 Å². The first kappa shape index (κ1) is 9.21. The fourth-order valence-corrected chi connectivity index (χ4v) is 1.60. The summed E-state index contributed by atoms with van der Waals surface area (Å²) in [6.45, 7) is 4.40.